The highest BCUT2D eigenvalue weighted by molar-refractivity contribution is 6.36. The molecule has 4 N–H and O–H groups in total. The zero-order valence-electron chi connectivity index (χ0n) is 10.9. The Morgan fingerprint density at radius 2 is 1.75 bits per heavy atom. The Balaban J connectivity index is 2.17. The summed E-state index contributed by atoms with van der Waals surface area (Å²) in [5.41, 5.74) is 14.3. The third kappa shape index (κ3) is 1.56. The van der Waals surface area contributed by atoms with Crippen molar-refractivity contribution in [3.63, 3.8) is 0 Å². The summed E-state index contributed by atoms with van der Waals surface area (Å²) in [6.45, 7) is 1.80. The molecule has 0 atom stereocenters. The number of carbonyl (C=O) groups is 2. The smallest absolute Gasteiger partial charge is 0.268 e. The number of benzene rings is 2. The molecule has 0 saturated heterocycles. The van der Waals surface area contributed by atoms with Gasteiger partial charge >= 0.3 is 0 Å². The van der Waals surface area contributed by atoms with E-state index in [2.05, 4.69) is 0 Å². The van der Waals surface area contributed by atoms with Crippen molar-refractivity contribution < 1.29 is 9.59 Å². The Kier molecular flexibility index (Phi) is 2.50. The lowest BCUT2D eigenvalue weighted by molar-refractivity contribution is 0.0926. The van der Waals surface area contributed by atoms with E-state index in [1.807, 2.05) is 0 Å². The van der Waals surface area contributed by atoms with E-state index in [0.29, 0.717) is 22.6 Å². The average Bonchev–Trinajstić information content (AvgIpc) is 2.64. The van der Waals surface area contributed by atoms with Gasteiger partial charge in [0.15, 0.2) is 0 Å². The molecule has 0 aliphatic carbocycles. The molecule has 2 aromatic rings. The van der Waals surface area contributed by atoms with Crippen molar-refractivity contribution in [3.05, 3.63) is 53.1 Å². The molecule has 1 aliphatic heterocycles. The van der Waals surface area contributed by atoms with Crippen LogP contribution in [0.5, 0.6) is 0 Å². The Labute approximate surface area is 115 Å². The molecule has 2 amide bonds. The van der Waals surface area contributed by atoms with Crippen LogP contribution in [0.4, 0.5) is 17.1 Å². The number of aryl methyl sites for hydroxylation is 1. The normalized spacial score (nSPS) is 13.8. The summed E-state index contributed by atoms with van der Waals surface area (Å²) in [6, 6.07) is 9.95. The molecule has 3 rings (SSSR count). The van der Waals surface area contributed by atoms with Gasteiger partial charge in [-0.15, -0.1) is 0 Å². The molecule has 0 radical (unpaired) electrons. The number of imide groups is 1. The van der Waals surface area contributed by atoms with Gasteiger partial charge in [-0.3, -0.25) is 9.59 Å². The molecule has 5 nitrogen and oxygen atoms in total. The minimum absolute atomic E-state index is 0.272. The first-order valence-electron chi connectivity index (χ1n) is 6.14. The van der Waals surface area contributed by atoms with Crippen LogP contribution in [0.2, 0.25) is 0 Å². The summed E-state index contributed by atoms with van der Waals surface area (Å²) in [4.78, 5) is 26.0. The van der Waals surface area contributed by atoms with E-state index in [-0.39, 0.29) is 11.5 Å². The molecule has 0 aromatic heterocycles. The van der Waals surface area contributed by atoms with E-state index >= 15 is 0 Å². The zero-order chi connectivity index (χ0) is 14.4. The molecule has 1 aliphatic rings. The van der Waals surface area contributed by atoms with E-state index in [9.17, 15) is 9.59 Å². The second kappa shape index (κ2) is 4.09. The molecular weight excluding hydrogens is 254 g/mol. The van der Waals surface area contributed by atoms with Crippen molar-refractivity contribution >= 4 is 28.9 Å². The first-order valence-corrected chi connectivity index (χ1v) is 6.14. The van der Waals surface area contributed by atoms with E-state index in [0.717, 1.165) is 10.5 Å². The average molecular weight is 267 g/mol. The van der Waals surface area contributed by atoms with Crippen LogP contribution < -0.4 is 16.4 Å². The van der Waals surface area contributed by atoms with Gasteiger partial charge in [0.2, 0.25) is 0 Å². The molecule has 0 fully saturated rings. The Morgan fingerprint density at radius 1 is 1.00 bits per heavy atom. The van der Waals surface area contributed by atoms with Crippen molar-refractivity contribution in [2.45, 2.75) is 6.92 Å². The highest BCUT2D eigenvalue weighted by Crippen LogP contribution is 2.33. The molecule has 0 unspecified atom stereocenters. The maximum Gasteiger partial charge on any atom is 0.268 e. The van der Waals surface area contributed by atoms with Gasteiger partial charge in [-0.05, 0) is 42.8 Å². The summed E-state index contributed by atoms with van der Waals surface area (Å²) < 4.78 is 0. The van der Waals surface area contributed by atoms with Crippen LogP contribution in [-0.2, 0) is 0 Å². The highest BCUT2D eigenvalue weighted by atomic mass is 16.2. The van der Waals surface area contributed by atoms with Crippen LogP contribution in [0, 0.1) is 6.92 Å². The van der Waals surface area contributed by atoms with Gasteiger partial charge in [-0.25, -0.2) is 4.90 Å². The molecule has 0 spiro atoms. The molecular formula is C15H13N3O2. The van der Waals surface area contributed by atoms with Crippen molar-refractivity contribution in [1.29, 1.82) is 0 Å². The second-order valence-electron chi connectivity index (χ2n) is 4.76. The fourth-order valence-corrected chi connectivity index (χ4v) is 2.46. The zero-order valence-corrected chi connectivity index (χ0v) is 10.9. The summed E-state index contributed by atoms with van der Waals surface area (Å²) in [7, 11) is 0. The number of nitrogens with zero attached hydrogens (tertiary/aromatic N) is 1. The molecule has 20 heavy (non-hydrogen) atoms. The summed E-state index contributed by atoms with van der Waals surface area (Å²) >= 11 is 0. The second-order valence-corrected chi connectivity index (χ2v) is 4.76. The Bertz CT molecular complexity index is 753. The highest BCUT2D eigenvalue weighted by Gasteiger charge is 2.38. The van der Waals surface area contributed by atoms with Gasteiger partial charge in [0.1, 0.15) is 0 Å². The SMILES string of the molecule is Cc1cc(N)ccc1N1C(=O)c2cccc(N)c2C1=O. The maximum atomic E-state index is 12.5. The van der Waals surface area contributed by atoms with E-state index in [1.54, 1.807) is 43.3 Å². The third-order valence-corrected chi connectivity index (χ3v) is 3.41. The third-order valence-electron chi connectivity index (χ3n) is 3.41. The number of nitrogen functional groups attached to an aromatic ring is 2. The van der Waals surface area contributed by atoms with Crippen LogP contribution in [0.25, 0.3) is 0 Å². The predicted molar refractivity (Wildman–Crippen MR) is 77.6 cm³/mol. The van der Waals surface area contributed by atoms with Crippen LogP contribution in [0.1, 0.15) is 26.3 Å². The topological polar surface area (TPSA) is 89.4 Å². The lowest BCUT2D eigenvalue weighted by Crippen LogP contribution is -2.30. The van der Waals surface area contributed by atoms with Crippen molar-refractivity contribution in [1.82, 2.24) is 0 Å². The Hall–Kier alpha value is -2.82. The largest absolute Gasteiger partial charge is 0.399 e. The van der Waals surface area contributed by atoms with Gasteiger partial charge in [0.05, 0.1) is 16.8 Å². The van der Waals surface area contributed by atoms with Gasteiger partial charge in [0.25, 0.3) is 11.8 Å². The lowest BCUT2D eigenvalue weighted by Gasteiger charge is -2.16. The number of hydrogen-bond donors (Lipinski definition) is 2. The number of fused-ring (bicyclic) bond motifs is 1. The van der Waals surface area contributed by atoms with Crippen molar-refractivity contribution in [2.24, 2.45) is 0 Å². The fourth-order valence-electron chi connectivity index (χ4n) is 2.46. The van der Waals surface area contributed by atoms with Gasteiger partial charge < -0.3 is 11.5 Å². The van der Waals surface area contributed by atoms with Gasteiger partial charge in [0, 0.05) is 11.4 Å². The standard InChI is InChI=1S/C15H13N3O2/c1-8-7-9(16)5-6-12(8)18-14(19)10-3-2-4-11(17)13(10)15(18)20/h2-7H,16-17H2,1H3. The molecule has 5 heteroatoms. The quantitative estimate of drug-likeness (QED) is 0.610. The Morgan fingerprint density at radius 3 is 2.40 bits per heavy atom. The number of amides is 2. The monoisotopic (exact) mass is 267 g/mol. The number of nitrogens with two attached hydrogens (primary N) is 2. The first kappa shape index (κ1) is 12.2. The van der Waals surface area contributed by atoms with Gasteiger partial charge in [-0.1, -0.05) is 6.07 Å². The minimum atomic E-state index is -0.393. The van der Waals surface area contributed by atoms with Crippen LogP contribution in [0.3, 0.4) is 0 Å². The molecule has 0 saturated carbocycles. The lowest BCUT2D eigenvalue weighted by atomic mass is 10.1. The molecule has 1 heterocycles. The van der Waals surface area contributed by atoms with Crippen molar-refractivity contribution in [3.8, 4) is 0 Å². The van der Waals surface area contributed by atoms with Crippen LogP contribution in [0.15, 0.2) is 36.4 Å². The van der Waals surface area contributed by atoms with Crippen molar-refractivity contribution in [2.75, 3.05) is 16.4 Å². The number of carbonyl (C=O) groups excluding carboxylic acids is 2. The summed E-state index contributed by atoms with van der Waals surface area (Å²) in [5, 5.41) is 0. The fraction of sp³-hybridized carbons (Fsp3) is 0.0667. The van der Waals surface area contributed by atoms with E-state index in [4.69, 9.17) is 11.5 Å². The number of hydrogen-bond acceptors (Lipinski definition) is 4. The van der Waals surface area contributed by atoms with Gasteiger partial charge in [-0.2, -0.15) is 0 Å². The summed E-state index contributed by atoms with van der Waals surface area (Å²) in [5.74, 6) is -0.749. The maximum absolute atomic E-state index is 12.5. The summed E-state index contributed by atoms with van der Waals surface area (Å²) in [6.07, 6.45) is 0. The predicted octanol–water partition coefficient (Wildman–Crippen LogP) is 1.96. The molecule has 0 bridgehead atoms. The minimum Gasteiger partial charge on any atom is -0.399 e. The first-order chi connectivity index (χ1) is 9.50. The van der Waals surface area contributed by atoms with E-state index in [1.165, 1.54) is 0 Å². The van der Waals surface area contributed by atoms with E-state index < -0.39 is 5.91 Å². The number of anilines is 3. The van der Waals surface area contributed by atoms with Crippen LogP contribution in [-0.4, -0.2) is 11.8 Å². The molecule has 2 aromatic carbocycles. The number of rotatable bonds is 1. The molecule has 100 valence electrons. The van der Waals surface area contributed by atoms with Crippen LogP contribution >= 0.6 is 0 Å².